The number of guanidine groups is 1. The third-order valence-corrected chi connectivity index (χ3v) is 6.03. The van der Waals surface area contributed by atoms with E-state index in [2.05, 4.69) is 30.4 Å². The minimum absolute atomic E-state index is 0. The number of aliphatic imine (C=N–C) groups is 1. The number of hydrogen-bond acceptors (Lipinski definition) is 4. The summed E-state index contributed by atoms with van der Waals surface area (Å²) in [5, 5.41) is 15.3. The van der Waals surface area contributed by atoms with Gasteiger partial charge in [0.15, 0.2) is 5.96 Å². The summed E-state index contributed by atoms with van der Waals surface area (Å²) in [5.41, 5.74) is -0.291. The molecule has 1 aliphatic carbocycles. The van der Waals surface area contributed by atoms with Crippen molar-refractivity contribution in [3.63, 3.8) is 0 Å². The SMILES string of the molecule is CN=C(NCC1CCc2nnc(C)n2C1)NCC1(C(=O)N(C)C)CCCC1.I. The summed E-state index contributed by atoms with van der Waals surface area (Å²) in [7, 11) is 5.48. The second kappa shape index (κ2) is 9.89. The molecule has 0 saturated heterocycles. The maximum Gasteiger partial charge on any atom is 0.230 e. The van der Waals surface area contributed by atoms with Gasteiger partial charge in [0, 0.05) is 47.2 Å². The molecule has 0 radical (unpaired) electrons. The lowest BCUT2D eigenvalue weighted by Gasteiger charge is -2.31. The van der Waals surface area contributed by atoms with E-state index in [4.69, 9.17) is 0 Å². The molecule has 1 unspecified atom stereocenters. The van der Waals surface area contributed by atoms with Crippen LogP contribution >= 0.6 is 24.0 Å². The Morgan fingerprint density at radius 3 is 2.64 bits per heavy atom. The van der Waals surface area contributed by atoms with E-state index in [-0.39, 0.29) is 35.3 Å². The van der Waals surface area contributed by atoms with E-state index >= 15 is 0 Å². The van der Waals surface area contributed by atoms with Crippen LogP contribution in [0, 0.1) is 18.3 Å². The fraction of sp³-hybridized carbons (Fsp3) is 0.789. The van der Waals surface area contributed by atoms with Crippen LogP contribution in [-0.4, -0.2) is 65.8 Å². The van der Waals surface area contributed by atoms with Crippen LogP contribution in [0.15, 0.2) is 4.99 Å². The summed E-state index contributed by atoms with van der Waals surface area (Å²) in [4.78, 5) is 18.8. The Labute approximate surface area is 185 Å². The number of amides is 1. The molecule has 1 aromatic rings. The van der Waals surface area contributed by atoms with Crippen molar-refractivity contribution in [2.45, 2.75) is 52.0 Å². The first-order valence-corrected chi connectivity index (χ1v) is 10.00. The fourth-order valence-electron chi connectivity index (χ4n) is 4.40. The highest BCUT2D eigenvalue weighted by molar-refractivity contribution is 14.0. The molecule has 0 spiro atoms. The molecule has 1 saturated carbocycles. The molecule has 8 nitrogen and oxygen atoms in total. The summed E-state index contributed by atoms with van der Waals surface area (Å²) in [6, 6.07) is 0. The summed E-state index contributed by atoms with van der Waals surface area (Å²) in [6.07, 6.45) is 6.22. The lowest BCUT2D eigenvalue weighted by Crippen LogP contribution is -2.50. The number of rotatable bonds is 5. The van der Waals surface area contributed by atoms with E-state index in [0.717, 1.165) is 69.2 Å². The number of nitrogens with one attached hydrogen (secondary N) is 2. The van der Waals surface area contributed by atoms with Gasteiger partial charge >= 0.3 is 0 Å². The number of aryl methyl sites for hydroxylation is 2. The Morgan fingerprint density at radius 2 is 2.00 bits per heavy atom. The molecule has 1 atom stereocenters. The zero-order valence-corrected chi connectivity index (χ0v) is 19.8. The van der Waals surface area contributed by atoms with Crippen molar-refractivity contribution < 1.29 is 4.79 Å². The summed E-state index contributed by atoms with van der Waals surface area (Å²) >= 11 is 0. The third-order valence-electron chi connectivity index (χ3n) is 6.03. The average Bonchev–Trinajstić information content (AvgIpc) is 3.29. The Bertz CT molecular complexity index is 694. The molecule has 28 heavy (non-hydrogen) atoms. The minimum atomic E-state index is -0.291. The molecule has 1 aliphatic heterocycles. The maximum absolute atomic E-state index is 12.7. The van der Waals surface area contributed by atoms with Gasteiger partial charge in [0.1, 0.15) is 11.6 Å². The number of hydrogen-bond donors (Lipinski definition) is 2. The zero-order chi connectivity index (χ0) is 19.4. The smallest absolute Gasteiger partial charge is 0.230 e. The third kappa shape index (κ3) is 4.96. The van der Waals surface area contributed by atoms with Crippen LogP contribution in [0.5, 0.6) is 0 Å². The van der Waals surface area contributed by atoms with E-state index in [1.807, 2.05) is 21.0 Å². The first-order valence-electron chi connectivity index (χ1n) is 10.00. The van der Waals surface area contributed by atoms with Crippen molar-refractivity contribution in [3.8, 4) is 0 Å². The van der Waals surface area contributed by atoms with Crippen molar-refractivity contribution in [1.29, 1.82) is 0 Å². The van der Waals surface area contributed by atoms with E-state index < -0.39 is 0 Å². The van der Waals surface area contributed by atoms with Gasteiger partial charge in [0.25, 0.3) is 0 Å². The number of nitrogens with zero attached hydrogens (tertiary/aromatic N) is 5. The molecular formula is C19H34IN7O. The lowest BCUT2D eigenvalue weighted by atomic mass is 9.84. The van der Waals surface area contributed by atoms with Gasteiger partial charge in [0.2, 0.25) is 5.91 Å². The van der Waals surface area contributed by atoms with Crippen molar-refractivity contribution >= 4 is 35.8 Å². The number of halogens is 1. The van der Waals surface area contributed by atoms with E-state index in [0.29, 0.717) is 12.5 Å². The molecule has 2 aliphatic rings. The monoisotopic (exact) mass is 503 g/mol. The highest BCUT2D eigenvalue weighted by Crippen LogP contribution is 2.38. The highest BCUT2D eigenvalue weighted by atomic mass is 127. The van der Waals surface area contributed by atoms with Gasteiger partial charge < -0.3 is 20.1 Å². The van der Waals surface area contributed by atoms with E-state index in [1.54, 1.807) is 11.9 Å². The van der Waals surface area contributed by atoms with Crippen LogP contribution in [0.2, 0.25) is 0 Å². The molecule has 0 aromatic carbocycles. The molecule has 0 bridgehead atoms. The largest absolute Gasteiger partial charge is 0.356 e. The molecule has 2 N–H and O–H groups in total. The Balaban J connectivity index is 0.00000280. The van der Waals surface area contributed by atoms with Crippen LogP contribution in [0.4, 0.5) is 0 Å². The molecule has 1 amide bonds. The molecule has 1 aromatic heterocycles. The Kier molecular flexibility index (Phi) is 8.08. The minimum Gasteiger partial charge on any atom is -0.356 e. The quantitative estimate of drug-likeness (QED) is 0.362. The van der Waals surface area contributed by atoms with Gasteiger partial charge in [-0.15, -0.1) is 34.2 Å². The van der Waals surface area contributed by atoms with Gasteiger partial charge in [-0.1, -0.05) is 12.8 Å². The number of carbonyl (C=O) groups excluding carboxylic acids is 1. The molecule has 2 heterocycles. The molecule has 3 rings (SSSR count). The van der Waals surface area contributed by atoms with Crippen LogP contribution in [0.1, 0.15) is 43.8 Å². The summed E-state index contributed by atoms with van der Waals surface area (Å²) in [6.45, 7) is 4.45. The fourth-order valence-corrected chi connectivity index (χ4v) is 4.40. The number of fused-ring (bicyclic) bond motifs is 1. The highest BCUT2D eigenvalue weighted by Gasteiger charge is 2.42. The Hall–Kier alpha value is -1.39. The van der Waals surface area contributed by atoms with Crippen molar-refractivity contribution in [1.82, 2.24) is 30.3 Å². The van der Waals surface area contributed by atoms with Gasteiger partial charge in [-0.25, -0.2) is 0 Å². The van der Waals surface area contributed by atoms with Crippen molar-refractivity contribution in [2.75, 3.05) is 34.2 Å². The van der Waals surface area contributed by atoms with Gasteiger partial charge in [0.05, 0.1) is 5.41 Å². The standard InChI is InChI=1S/C19H33N7O.HI/c1-14-23-24-16-8-7-15(12-26(14)16)11-21-18(20-2)22-13-19(9-5-6-10-19)17(27)25(3)4;/h15H,5-13H2,1-4H3,(H2,20,21,22);1H. The zero-order valence-electron chi connectivity index (χ0n) is 17.5. The molecule has 158 valence electrons. The van der Waals surface area contributed by atoms with Crippen LogP contribution in [-0.2, 0) is 17.8 Å². The van der Waals surface area contributed by atoms with Crippen molar-refractivity contribution in [2.24, 2.45) is 16.3 Å². The van der Waals surface area contributed by atoms with E-state index in [1.165, 1.54) is 0 Å². The second-order valence-corrected chi connectivity index (χ2v) is 8.17. The normalized spacial score (nSPS) is 20.9. The Morgan fingerprint density at radius 1 is 1.29 bits per heavy atom. The number of aromatic nitrogens is 3. The van der Waals surface area contributed by atoms with Crippen LogP contribution < -0.4 is 10.6 Å². The second-order valence-electron chi connectivity index (χ2n) is 8.17. The predicted octanol–water partition coefficient (Wildman–Crippen LogP) is 1.58. The van der Waals surface area contributed by atoms with Gasteiger partial charge in [-0.3, -0.25) is 9.79 Å². The number of carbonyl (C=O) groups is 1. The molecule has 9 heteroatoms. The van der Waals surface area contributed by atoms with Crippen molar-refractivity contribution in [3.05, 3.63) is 11.6 Å². The van der Waals surface area contributed by atoms with Gasteiger partial charge in [-0.05, 0) is 32.1 Å². The average molecular weight is 503 g/mol. The molecule has 1 fully saturated rings. The predicted molar refractivity (Wildman–Crippen MR) is 121 cm³/mol. The summed E-state index contributed by atoms with van der Waals surface area (Å²) in [5.74, 6) is 3.61. The lowest BCUT2D eigenvalue weighted by molar-refractivity contribution is -0.138. The topological polar surface area (TPSA) is 87.4 Å². The van der Waals surface area contributed by atoms with Crippen LogP contribution in [0.3, 0.4) is 0 Å². The maximum atomic E-state index is 12.7. The van der Waals surface area contributed by atoms with Gasteiger partial charge in [-0.2, -0.15) is 0 Å². The first-order chi connectivity index (χ1) is 12.9. The van der Waals surface area contributed by atoms with E-state index in [9.17, 15) is 4.79 Å². The summed E-state index contributed by atoms with van der Waals surface area (Å²) < 4.78 is 2.22. The van der Waals surface area contributed by atoms with Crippen LogP contribution in [0.25, 0.3) is 0 Å². The molecular weight excluding hydrogens is 469 g/mol. The first kappa shape index (κ1) is 22.9.